The molecule has 2 heterocycles. The van der Waals surface area contributed by atoms with Crippen molar-refractivity contribution in [1.29, 1.82) is 0 Å². The summed E-state index contributed by atoms with van der Waals surface area (Å²) in [6, 6.07) is 13.9. The average Bonchev–Trinajstić information content (AvgIpc) is 2.70. The van der Waals surface area contributed by atoms with Gasteiger partial charge in [0.15, 0.2) is 0 Å². The second kappa shape index (κ2) is 3.68. The van der Waals surface area contributed by atoms with E-state index in [1.807, 2.05) is 36.4 Å². The SMILES string of the molecule is COc1cccc2c1O[Si-]1(C)(C)Oc3ccccc3[N+]1=C2. The Kier molecular flexibility index (Phi) is 2.18. The average molecular weight is 299 g/mol. The number of fused-ring (bicyclic) bond motifs is 4. The fraction of sp³-hybridized carbons (Fsp3) is 0.188. The number of ether oxygens (including phenoxy) is 1. The molecule has 21 heavy (non-hydrogen) atoms. The van der Waals surface area contributed by atoms with Gasteiger partial charge in [-0.05, 0) is 0 Å². The molecule has 0 aliphatic carbocycles. The van der Waals surface area contributed by atoms with E-state index in [0.29, 0.717) is 0 Å². The summed E-state index contributed by atoms with van der Waals surface area (Å²) in [6.45, 7) is 4.15. The van der Waals surface area contributed by atoms with E-state index in [9.17, 15) is 0 Å². The van der Waals surface area contributed by atoms with Gasteiger partial charge in [0.25, 0.3) is 0 Å². The first-order chi connectivity index (χ1) is 10.00. The van der Waals surface area contributed by atoms with Gasteiger partial charge in [-0.1, -0.05) is 0 Å². The standard InChI is InChI=1S/C16H17NO3Si/c1-18-15-10-6-7-12-11-17-13-8-4-5-9-14(13)19-21(17,2,3)20-16(12)15/h4-11H,1-3H3. The molecule has 4 rings (SSSR count). The number of nitrogens with zero attached hydrogens (tertiary/aromatic N) is 1. The van der Waals surface area contributed by atoms with E-state index in [1.54, 1.807) is 7.11 Å². The Labute approximate surface area is 123 Å². The molecule has 2 aromatic carbocycles. The van der Waals surface area contributed by atoms with E-state index >= 15 is 0 Å². The van der Waals surface area contributed by atoms with Crippen LogP contribution in [0, 0.1) is 0 Å². The predicted octanol–water partition coefficient (Wildman–Crippen LogP) is 3.40. The van der Waals surface area contributed by atoms with E-state index in [0.717, 1.165) is 28.5 Å². The second-order valence-corrected chi connectivity index (χ2v) is 11.0. The molecule has 0 unspecified atom stereocenters. The summed E-state index contributed by atoms with van der Waals surface area (Å²) in [5, 5.41) is 0. The van der Waals surface area contributed by atoms with Crippen molar-refractivity contribution >= 4 is 19.9 Å². The van der Waals surface area contributed by atoms with Gasteiger partial charge in [-0.15, -0.1) is 0 Å². The summed E-state index contributed by atoms with van der Waals surface area (Å²) in [5.74, 6) is 2.38. The molecule has 4 nitrogen and oxygen atoms in total. The Morgan fingerprint density at radius 3 is 2.62 bits per heavy atom. The molecule has 0 amide bonds. The monoisotopic (exact) mass is 299 g/mol. The number of hydrogen-bond acceptors (Lipinski definition) is 3. The van der Waals surface area contributed by atoms with Gasteiger partial charge in [-0.3, -0.25) is 0 Å². The van der Waals surface area contributed by atoms with Gasteiger partial charge in [0, 0.05) is 0 Å². The fourth-order valence-electron chi connectivity index (χ4n) is 3.10. The molecule has 2 aliphatic rings. The minimum atomic E-state index is -3.28. The molecule has 0 bridgehead atoms. The summed E-state index contributed by atoms with van der Waals surface area (Å²) in [6.07, 6.45) is 2.11. The third-order valence-electron chi connectivity index (χ3n) is 4.10. The van der Waals surface area contributed by atoms with Crippen LogP contribution in [0.4, 0.5) is 5.69 Å². The maximum atomic E-state index is 6.44. The zero-order valence-corrected chi connectivity index (χ0v) is 13.3. The van der Waals surface area contributed by atoms with E-state index < -0.39 is 8.00 Å². The van der Waals surface area contributed by atoms with Crippen molar-refractivity contribution in [2.45, 2.75) is 13.1 Å². The van der Waals surface area contributed by atoms with Gasteiger partial charge < -0.3 is 0 Å². The molecule has 0 radical (unpaired) electrons. The van der Waals surface area contributed by atoms with Crippen molar-refractivity contribution in [2.24, 2.45) is 0 Å². The number of hydrogen-bond donors (Lipinski definition) is 0. The van der Waals surface area contributed by atoms with E-state index in [1.165, 1.54) is 0 Å². The van der Waals surface area contributed by atoms with Crippen LogP contribution in [-0.2, 0) is 0 Å². The molecule has 0 fully saturated rings. The third-order valence-corrected chi connectivity index (χ3v) is 7.41. The summed E-state index contributed by atoms with van der Waals surface area (Å²) in [7, 11) is -1.62. The molecule has 0 saturated heterocycles. The Balaban J connectivity index is 2.00. The first-order valence-electron chi connectivity index (χ1n) is 6.99. The van der Waals surface area contributed by atoms with Gasteiger partial charge in [-0.2, -0.15) is 0 Å². The summed E-state index contributed by atoms with van der Waals surface area (Å²) < 4.78 is 20.4. The first kappa shape index (κ1) is 12.5. The van der Waals surface area contributed by atoms with Crippen LogP contribution in [0.15, 0.2) is 42.5 Å². The molecule has 5 heteroatoms. The van der Waals surface area contributed by atoms with Gasteiger partial charge in [0.2, 0.25) is 0 Å². The summed E-state index contributed by atoms with van der Waals surface area (Å²) >= 11 is 0. The van der Waals surface area contributed by atoms with Gasteiger partial charge >= 0.3 is 123 Å². The third kappa shape index (κ3) is 1.58. The van der Waals surface area contributed by atoms with Gasteiger partial charge in [-0.25, -0.2) is 0 Å². The molecular weight excluding hydrogens is 282 g/mol. The fourth-order valence-corrected chi connectivity index (χ4v) is 6.31. The number of methoxy groups -OCH3 is 1. The molecule has 0 saturated carbocycles. The van der Waals surface area contributed by atoms with Crippen LogP contribution in [0.5, 0.6) is 17.2 Å². The maximum absolute atomic E-state index is 6.44. The molecule has 108 valence electrons. The van der Waals surface area contributed by atoms with E-state index in [2.05, 4.69) is 29.6 Å². The van der Waals surface area contributed by atoms with Gasteiger partial charge in [0.05, 0.1) is 0 Å². The van der Waals surface area contributed by atoms with E-state index in [4.69, 9.17) is 13.6 Å². The van der Waals surface area contributed by atoms with Crippen molar-refractivity contribution in [3.05, 3.63) is 48.0 Å². The van der Waals surface area contributed by atoms with Crippen molar-refractivity contribution in [3.8, 4) is 17.2 Å². The molecule has 0 spiro atoms. The van der Waals surface area contributed by atoms with Crippen LogP contribution in [0.2, 0.25) is 13.1 Å². The zero-order chi connectivity index (χ0) is 14.7. The Hall–Kier alpha value is -2.27. The van der Waals surface area contributed by atoms with Crippen LogP contribution >= 0.6 is 0 Å². The summed E-state index contributed by atoms with van der Waals surface area (Å²) in [5.41, 5.74) is 2.06. The number of para-hydroxylation sites is 3. The van der Waals surface area contributed by atoms with Crippen molar-refractivity contribution in [3.63, 3.8) is 0 Å². The molecule has 0 atom stereocenters. The number of rotatable bonds is 1. The normalized spacial score (nSPS) is 21.3. The summed E-state index contributed by atoms with van der Waals surface area (Å²) in [4.78, 5) is 0. The number of benzene rings is 2. The predicted molar refractivity (Wildman–Crippen MR) is 83.3 cm³/mol. The van der Waals surface area contributed by atoms with Crippen LogP contribution < -0.4 is 13.6 Å². The van der Waals surface area contributed by atoms with E-state index in [-0.39, 0.29) is 0 Å². The molecule has 0 N–H and O–H groups in total. The van der Waals surface area contributed by atoms with Gasteiger partial charge in [0.1, 0.15) is 0 Å². The second-order valence-electron chi connectivity index (χ2n) is 6.08. The molecular formula is C16H17NO3Si. The Morgan fingerprint density at radius 2 is 1.81 bits per heavy atom. The minimum absolute atomic E-state index is 0.738. The molecule has 0 aromatic heterocycles. The van der Waals surface area contributed by atoms with Crippen LogP contribution in [0.1, 0.15) is 5.56 Å². The Morgan fingerprint density at radius 1 is 1.00 bits per heavy atom. The molecule has 2 aliphatic heterocycles. The van der Waals surface area contributed by atoms with Crippen LogP contribution in [0.3, 0.4) is 0 Å². The van der Waals surface area contributed by atoms with Crippen molar-refractivity contribution in [1.82, 2.24) is 0 Å². The van der Waals surface area contributed by atoms with Crippen LogP contribution in [0.25, 0.3) is 0 Å². The first-order valence-corrected chi connectivity index (χ1v) is 10.3. The zero-order valence-electron chi connectivity index (χ0n) is 12.3. The van der Waals surface area contributed by atoms with Crippen molar-refractivity contribution < 1.29 is 17.8 Å². The van der Waals surface area contributed by atoms with Crippen molar-refractivity contribution in [2.75, 3.05) is 7.11 Å². The molecule has 2 aromatic rings. The quantitative estimate of drug-likeness (QED) is 0.756. The van der Waals surface area contributed by atoms with Crippen LogP contribution in [-0.4, -0.2) is 25.6 Å². The Bertz CT molecular complexity index is 798. The topological polar surface area (TPSA) is 30.7 Å².